The largest absolute Gasteiger partial charge is 0.454 e. The molecule has 0 saturated heterocycles. The first-order valence-corrected chi connectivity index (χ1v) is 25.8. The molecule has 2 aliphatic rings. The van der Waals surface area contributed by atoms with E-state index in [4.69, 9.17) is 8.83 Å². The number of benzene rings is 8. The third-order valence-electron chi connectivity index (χ3n) is 15.8. The minimum absolute atomic E-state index is 0.0189. The SMILES string of the molecule is CC(C)(C)c1ccc(N(c2ccc(C(C)(C)C)cc2)c2ccc3c(c2)N(c2cccc4c2oc2ccccc24)c2cc(C(C)(C)C)cc4c2B3c2cc(C(C)(C)C)cc3c5c6ccccc6oc5n-4c23)cc1. The maximum absolute atomic E-state index is 7.06. The van der Waals surface area contributed by atoms with E-state index in [1.165, 1.54) is 54.9 Å². The molecule has 0 aliphatic carbocycles. The quantitative estimate of drug-likeness (QED) is 0.165. The van der Waals surface area contributed by atoms with Crippen molar-refractivity contribution >= 4 is 112 Å². The fourth-order valence-electron chi connectivity index (χ4n) is 11.8. The maximum atomic E-state index is 7.06. The molecular weight excluding hydrogens is 878 g/mol. The number of para-hydroxylation sites is 3. The molecule has 0 amide bonds. The number of anilines is 6. The molecule has 6 heteroatoms. The van der Waals surface area contributed by atoms with Crippen LogP contribution in [0.1, 0.15) is 105 Å². The van der Waals surface area contributed by atoms with Crippen LogP contribution < -0.4 is 26.2 Å². The van der Waals surface area contributed by atoms with Crippen molar-refractivity contribution in [3.8, 4) is 5.69 Å². The molecule has 0 fully saturated rings. The molecule has 8 aromatic carbocycles. The van der Waals surface area contributed by atoms with Crippen LogP contribution in [0.3, 0.4) is 0 Å². The number of nitrogens with zero attached hydrogens (tertiary/aromatic N) is 3. The highest BCUT2D eigenvalue weighted by molar-refractivity contribution is 7.00. The van der Waals surface area contributed by atoms with Gasteiger partial charge < -0.3 is 18.6 Å². The van der Waals surface area contributed by atoms with E-state index in [-0.39, 0.29) is 28.4 Å². The van der Waals surface area contributed by atoms with Gasteiger partial charge in [-0.3, -0.25) is 4.57 Å². The summed E-state index contributed by atoms with van der Waals surface area (Å²) in [5.74, 6) is 0. The molecular formula is C66H62BN3O2. The highest BCUT2D eigenvalue weighted by atomic mass is 16.3. The summed E-state index contributed by atoms with van der Waals surface area (Å²) in [4.78, 5) is 4.97. The molecule has 0 atom stereocenters. The molecule has 5 heterocycles. The van der Waals surface area contributed by atoms with Crippen molar-refractivity contribution in [2.24, 2.45) is 0 Å². The Balaban J connectivity index is 1.16. The van der Waals surface area contributed by atoms with Crippen molar-refractivity contribution < 1.29 is 8.83 Å². The summed E-state index contributed by atoms with van der Waals surface area (Å²) in [7, 11) is 0. The summed E-state index contributed by atoms with van der Waals surface area (Å²) in [6, 6.07) is 59.2. The van der Waals surface area contributed by atoms with Crippen LogP contribution in [0, 0.1) is 0 Å². The fourth-order valence-corrected chi connectivity index (χ4v) is 11.8. The standard InChI is InChI=1S/C66H62BN3O2/c1-63(2,3)39-24-28-43(29-25-39)68(44-30-26-40(27-31-44)64(4,5)6)45-32-33-50-53(38-45)69(52-21-17-20-47-46-18-13-15-22-56(46)71-61(47)52)54-36-42(66(10,11)12)37-55-59(54)67(50)51-35-41(65(7,8)9)34-49-58-48-19-14-16-23-57(48)72-62(58)70(55)60(49)51/h13-38H,1-12H3. The lowest BCUT2D eigenvalue weighted by Crippen LogP contribution is -2.60. The lowest BCUT2D eigenvalue weighted by atomic mass is 9.33. The first-order valence-electron chi connectivity index (χ1n) is 25.8. The van der Waals surface area contributed by atoms with E-state index in [1.807, 2.05) is 0 Å². The van der Waals surface area contributed by atoms with Gasteiger partial charge in [-0.1, -0.05) is 168 Å². The van der Waals surface area contributed by atoms with Crippen LogP contribution >= 0.6 is 0 Å². The van der Waals surface area contributed by atoms with Gasteiger partial charge in [0.05, 0.1) is 16.6 Å². The molecule has 0 N–H and O–H groups in total. The minimum Gasteiger partial charge on any atom is -0.454 e. The third-order valence-corrected chi connectivity index (χ3v) is 15.8. The summed E-state index contributed by atoms with van der Waals surface area (Å²) >= 11 is 0. The molecule has 72 heavy (non-hydrogen) atoms. The van der Waals surface area contributed by atoms with E-state index in [2.05, 4.69) is 255 Å². The van der Waals surface area contributed by atoms with Gasteiger partial charge in [0.1, 0.15) is 11.2 Å². The summed E-state index contributed by atoms with van der Waals surface area (Å²) < 4.78 is 16.6. The van der Waals surface area contributed by atoms with Gasteiger partial charge in [-0.2, -0.15) is 0 Å². The molecule has 11 aromatic rings. The van der Waals surface area contributed by atoms with Gasteiger partial charge in [-0.25, -0.2) is 0 Å². The lowest BCUT2D eigenvalue weighted by Gasteiger charge is -2.42. The van der Waals surface area contributed by atoms with Gasteiger partial charge in [0.2, 0.25) is 5.71 Å². The van der Waals surface area contributed by atoms with E-state index >= 15 is 0 Å². The highest BCUT2D eigenvalue weighted by Crippen LogP contribution is 2.50. The topological polar surface area (TPSA) is 37.7 Å². The van der Waals surface area contributed by atoms with Gasteiger partial charge in [0, 0.05) is 55.7 Å². The van der Waals surface area contributed by atoms with Gasteiger partial charge in [-0.05, 0) is 133 Å². The Kier molecular flexibility index (Phi) is 9.30. The first-order chi connectivity index (χ1) is 34.2. The van der Waals surface area contributed by atoms with E-state index in [9.17, 15) is 0 Å². The molecule has 2 aliphatic heterocycles. The van der Waals surface area contributed by atoms with Gasteiger partial charge in [0.15, 0.2) is 5.58 Å². The summed E-state index contributed by atoms with van der Waals surface area (Å²) in [5.41, 5.74) is 21.2. The molecule has 0 saturated carbocycles. The Morgan fingerprint density at radius 2 is 0.944 bits per heavy atom. The van der Waals surface area contributed by atoms with Crippen LogP contribution in [0.4, 0.5) is 34.1 Å². The van der Waals surface area contributed by atoms with Crippen molar-refractivity contribution in [3.63, 3.8) is 0 Å². The Morgan fingerprint density at radius 3 is 1.57 bits per heavy atom. The molecule has 3 aromatic heterocycles. The predicted octanol–water partition coefficient (Wildman–Crippen LogP) is 16.7. The number of furan rings is 2. The Hall–Kier alpha value is -7.44. The number of fused-ring (bicyclic) bond motifs is 12. The molecule has 13 rings (SSSR count). The van der Waals surface area contributed by atoms with Crippen LogP contribution in [0.25, 0.3) is 60.6 Å². The number of hydrogen-bond donors (Lipinski definition) is 0. The second-order valence-electron chi connectivity index (χ2n) is 24.7. The molecule has 356 valence electrons. The Bertz CT molecular complexity index is 3970. The van der Waals surface area contributed by atoms with Crippen molar-refractivity contribution in [2.45, 2.75) is 105 Å². The maximum Gasteiger partial charge on any atom is 0.252 e. The zero-order valence-corrected chi connectivity index (χ0v) is 43.7. The Morgan fingerprint density at radius 1 is 0.403 bits per heavy atom. The first kappa shape index (κ1) is 44.5. The van der Waals surface area contributed by atoms with Crippen LogP contribution in [0.15, 0.2) is 167 Å². The van der Waals surface area contributed by atoms with Gasteiger partial charge in [0.25, 0.3) is 6.71 Å². The summed E-state index contributed by atoms with van der Waals surface area (Å²) in [5, 5.41) is 5.76. The molecule has 0 radical (unpaired) electrons. The number of rotatable bonds is 4. The van der Waals surface area contributed by atoms with E-state index < -0.39 is 0 Å². The van der Waals surface area contributed by atoms with E-state index in [1.54, 1.807) is 0 Å². The molecule has 5 nitrogen and oxygen atoms in total. The van der Waals surface area contributed by atoms with Crippen LogP contribution in [-0.2, 0) is 21.7 Å². The lowest BCUT2D eigenvalue weighted by molar-refractivity contribution is 0.589. The monoisotopic (exact) mass is 939 g/mol. The number of hydrogen-bond acceptors (Lipinski definition) is 4. The van der Waals surface area contributed by atoms with Gasteiger partial charge in [-0.15, -0.1) is 0 Å². The van der Waals surface area contributed by atoms with Crippen LogP contribution in [0.5, 0.6) is 0 Å². The number of aromatic nitrogens is 1. The van der Waals surface area contributed by atoms with Crippen molar-refractivity contribution in [3.05, 3.63) is 180 Å². The van der Waals surface area contributed by atoms with Crippen LogP contribution in [0.2, 0.25) is 0 Å². The van der Waals surface area contributed by atoms with Crippen molar-refractivity contribution in [1.82, 2.24) is 4.57 Å². The molecule has 0 bridgehead atoms. The molecule has 0 unspecified atom stereocenters. The van der Waals surface area contributed by atoms with Gasteiger partial charge >= 0.3 is 0 Å². The second kappa shape index (κ2) is 15.1. The minimum atomic E-state index is -0.189. The second-order valence-corrected chi connectivity index (χ2v) is 24.7. The summed E-state index contributed by atoms with van der Waals surface area (Å²) in [6.45, 7) is 27.6. The zero-order chi connectivity index (χ0) is 50.0. The average molecular weight is 940 g/mol. The highest BCUT2D eigenvalue weighted by Gasteiger charge is 2.45. The van der Waals surface area contributed by atoms with E-state index in [0.29, 0.717) is 0 Å². The predicted molar refractivity (Wildman–Crippen MR) is 307 cm³/mol. The van der Waals surface area contributed by atoms with Crippen molar-refractivity contribution in [2.75, 3.05) is 9.80 Å². The molecule has 0 spiro atoms. The normalized spacial score (nSPS) is 13.8. The average Bonchev–Trinajstić information content (AvgIpc) is 4.02. The zero-order valence-electron chi connectivity index (χ0n) is 43.7. The van der Waals surface area contributed by atoms with Crippen LogP contribution in [-0.4, -0.2) is 11.3 Å². The third kappa shape index (κ3) is 6.60. The smallest absolute Gasteiger partial charge is 0.252 e. The summed E-state index contributed by atoms with van der Waals surface area (Å²) in [6.07, 6.45) is 0. The van der Waals surface area contributed by atoms with Crippen molar-refractivity contribution in [1.29, 1.82) is 0 Å². The Labute approximate surface area is 423 Å². The van der Waals surface area contributed by atoms with E-state index in [0.717, 1.165) is 78.4 Å². The fraction of sp³-hybridized carbons (Fsp3) is 0.242.